The van der Waals surface area contributed by atoms with Crippen molar-refractivity contribution in [2.24, 2.45) is 0 Å². The average molecular weight is 208 g/mol. The van der Waals surface area contributed by atoms with Crippen molar-refractivity contribution < 1.29 is 0 Å². The molecule has 1 heteroatoms. The van der Waals surface area contributed by atoms with Gasteiger partial charge in [0, 0.05) is 9.75 Å². The molecule has 1 aliphatic rings. The van der Waals surface area contributed by atoms with Crippen molar-refractivity contribution >= 4 is 11.3 Å². The summed E-state index contributed by atoms with van der Waals surface area (Å²) in [5, 5.41) is 0. The van der Waals surface area contributed by atoms with Gasteiger partial charge in [-0.3, -0.25) is 0 Å². The van der Waals surface area contributed by atoms with E-state index in [4.69, 9.17) is 0 Å². The van der Waals surface area contributed by atoms with Crippen molar-refractivity contribution in [3.05, 3.63) is 21.4 Å². The van der Waals surface area contributed by atoms with Crippen LogP contribution in [0.25, 0.3) is 0 Å². The molecule has 1 aromatic heterocycles. The largest absolute Gasteiger partial charge is 0.145 e. The van der Waals surface area contributed by atoms with Crippen LogP contribution < -0.4 is 0 Å². The zero-order valence-electron chi connectivity index (χ0n) is 9.14. The van der Waals surface area contributed by atoms with Crippen LogP contribution in [0.15, 0.2) is 6.07 Å². The minimum Gasteiger partial charge on any atom is -0.145 e. The zero-order chi connectivity index (χ0) is 9.80. The van der Waals surface area contributed by atoms with Crippen LogP contribution in [-0.2, 0) is 12.8 Å². The van der Waals surface area contributed by atoms with Crippen molar-refractivity contribution in [1.29, 1.82) is 0 Å². The molecule has 0 bridgehead atoms. The summed E-state index contributed by atoms with van der Waals surface area (Å²) in [5.41, 5.74) is 1.66. The van der Waals surface area contributed by atoms with E-state index in [1.165, 1.54) is 56.2 Å². The maximum absolute atomic E-state index is 2.42. The average Bonchev–Trinajstić information content (AvgIpc) is 2.52. The first-order chi connectivity index (χ1) is 6.86. The molecule has 0 atom stereocenters. The van der Waals surface area contributed by atoms with Crippen LogP contribution in [0, 0.1) is 6.92 Å². The summed E-state index contributed by atoms with van der Waals surface area (Å²) >= 11 is 2.03. The summed E-state index contributed by atoms with van der Waals surface area (Å²) in [4.78, 5) is 3.19. The van der Waals surface area contributed by atoms with Crippen LogP contribution in [0.1, 0.15) is 53.8 Å². The van der Waals surface area contributed by atoms with Crippen LogP contribution in [0.2, 0.25) is 0 Å². The highest BCUT2D eigenvalue weighted by molar-refractivity contribution is 7.12. The number of aryl methyl sites for hydroxylation is 3. The summed E-state index contributed by atoms with van der Waals surface area (Å²) in [6.07, 6.45) is 11.3. The Hall–Kier alpha value is -0.300. The van der Waals surface area contributed by atoms with Gasteiger partial charge in [0.25, 0.3) is 0 Å². The normalized spacial score (nSPS) is 18.9. The van der Waals surface area contributed by atoms with E-state index in [1.807, 2.05) is 11.3 Å². The molecule has 1 heterocycles. The third kappa shape index (κ3) is 2.60. The number of hydrogen-bond donors (Lipinski definition) is 0. The molecular formula is C13H20S. The van der Waals surface area contributed by atoms with E-state index in [0.717, 1.165) is 0 Å². The Bertz CT molecular complexity index is 258. The van der Waals surface area contributed by atoms with Crippen LogP contribution in [0.3, 0.4) is 0 Å². The second-order valence-electron chi connectivity index (χ2n) is 4.43. The van der Waals surface area contributed by atoms with Gasteiger partial charge in [0.2, 0.25) is 0 Å². The van der Waals surface area contributed by atoms with E-state index >= 15 is 0 Å². The quantitative estimate of drug-likeness (QED) is 0.589. The first-order valence-corrected chi connectivity index (χ1v) is 6.76. The van der Waals surface area contributed by atoms with Crippen molar-refractivity contribution in [1.82, 2.24) is 0 Å². The summed E-state index contributed by atoms with van der Waals surface area (Å²) in [6.45, 7) is 2.25. The third-order valence-electron chi connectivity index (χ3n) is 3.12. The fraction of sp³-hybridized carbons (Fsp3) is 0.692. The number of rotatable bonds is 0. The van der Waals surface area contributed by atoms with Gasteiger partial charge in [-0.25, -0.2) is 0 Å². The Morgan fingerprint density at radius 3 is 2.36 bits per heavy atom. The lowest BCUT2D eigenvalue weighted by Crippen LogP contribution is -1.93. The molecule has 0 spiro atoms. The lowest BCUT2D eigenvalue weighted by molar-refractivity contribution is 0.584. The molecule has 0 nitrogen and oxygen atoms in total. The number of hydrogen-bond acceptors (Lipinski definition) is 1. The van der Waals surface area contributed by atoms with Gasteiger partial charge < -0.3 is 0 Å². The van der Waals surface area contributed by atoms with E-state index in [2.05, 4.69) is 13.0 Å². The Kier molecular flexibility index (Phi) is 3.63. The molecule has 0 aromatic carbocycles. The van der Waals surface area contributed by atoms with Gasteiger partial charge in [-0.05, 0) is 44.2 Å². The van der Waals surface area contributed by atoms with Crippen LogP contribution in [0.4, 0.5) is 0 Å². The van der Waals surface area contributed by atoms with Gasteiger partial charge in [-0.1, -0.05) is 25.7 Å². The van der Waals surface area contributed by atoms with Crippen molar-refractivity contribution in [2.75, 3.05) is 0 Å². The molecule has 0 fully saturated rings. The molecule has 0 N–H and O–H groups in total. The van der Waals surface area contributed by atoms with Crippen LogP contribution >= 0.6 is 11.3 Å². The molecule has 78 valence electrons. The van der Waals surface area contributed by atoms with E-state index in [9.17, 15) is 0 Å². The Balaban J connectivity index is 2.09. The minimum absolute atomic E-state index is 1.33. The first kappa shape index (κ1) is 10.2. The molecule has 2 rings (SSSR count). The molecule has 0 unspecified atom stereocenters. The van der Waals surface area contributed by atoms with Gasteiger partial charge in [-0.15, -0.1) is 11.3 Å². The SMILES string of the molecule is Cc1cc2c(s1)CCCCCCCC2. The van der Waals surface area contributed by atoms with E-state index < -0.39 is 0 Å². The summed E-state index contributed by atoms with van der Waals surface area (Å²) in [5.74, 6) is 0. The van der Waals surface area contributed by atoms with Gasteiger partial charge in [-0.2, -0.15) is 0 Å². The Morgan fingerprint density at radius 1 is 0.929 bits per heavy atom. The minimum atomic E-state index is 1.33. The van der Waals surface area contributed by atoms with Crippen LogP contribution in [-0.4, -0.2) is 0 Å². The molecule has 14 heavy (non-hydrogen) atoms. The van der Waals surface area contributed by atoms with E-state index in [0.29, 0.717) is 0 Å². The fourth-order valence-corrected chi connectivity index (χ4v) is 3.47. The van der Waals surface area contributed by atoms with Crippen molar-refractivity contribution in [2.45, 2.75) is 58.3 Å². The van der Waals surface area contributed by atoms with Gasteiger partial charge in [0.15, 0.2) is 0 Å². The second-order valence-corrected chi connectivity index (χ2v) is 5.77. The maximum Gasteiger partial charge on any atom is 0.00800 e. The van der Waals surface area contributed by atoms with Gasteiger partial charge in [0.05, 0.1) is 0 Å². The standard InChI is InChI=1S/C13H20S/c1-11-10-12-8-6-4-2-3-5-7-9-13(12)14-11/h10H,2-9H2,1H3. The number of fused-ring (bicyclic) bond motifs is 1. The predicted molar refractivity (Wildman–Crippen MR) is 64.2 cm³/mol. The third-order valence-corrected chi connectivity index (χ3v) is 4.27. The van der Waals surface area contributed by atoms with Crippen molar-refractivity contribution in [3.63, 3.8) is 0 Å². The summed E-state index contributed by atoms with van der Waals surface area (Å²) in [7, 11) is 0. The topological polar surface area (TPSA) is 0 Å². The van der Waals surface area contributed by atoms with Gasteiger partial charge >= 0.3 is 0 Å². The molecule has 0 saturated heterocycles. The monoisotopic (exact) mass is 208 g/mol. The molecule has 0 saturated carbocycles. The van der Waals surface area contributed by atoms with E-state index in [1.54, 1.807) is 10.4 Å². The summed E-state index contributed by atoms with van der Waals surface area (Å²) < 4.78 is 0. The molecule has 0 aliphatic heterocycles. The predicted octanol–water partition coefficient (Wildman–Crippen LogP) is 4.50. The fourth-order valence-electron chi connectivity index (χ4n) is 2.35. The Morgan fingerprint density at radius 2 is 1.57 bits per heavy atom. The van der Waals surface area contributed by atoms with E-state index in [-0.39, 0.29) is 0 Å². The molecule has 0 radical (unpaired) electrons. The smallest absolute Gasteiger partial charge is 0.00800 e. The number of thiophene rings is 1. The molecular weight excluding hydrogens is 188 g/mol. The lowest BCUT2D eigenvalue weighted by Gasteiger charge is -2.07. The molecule has 1 aliphatic carbocycles. The highest BCUT2D eigenvalue weighted by atomic mass is 32.1. The zero-order valence-corrected chi connectivity index (χ0v) is 9.96. The first-order valence-electron chi connectivity index (χ1n) is 5.94. The van der Waals surface area contributed by atoms with Gasteiger partial charge in [0.1, 0.15) is 0 Å². The van der Waals surface area contributed by atoms with Crippen molar-refractivity contribution in [3.8, 4) is 0 Å². The lowest BCUT2D eigenvalue weighted by atomic mass is 10.00. The maximum atomic E-state index is 2.42. The van der Waals surface area contributed by atoms with Crippen LogP contribution in [0.5, 0.6) is 0 Å². The highest BCUT2D eigenvalue weighted by Gasteiger charge is 2.08. The molecule has 0 amide bonds. The second kappa shape index (κ2) is 4.97. The Labute approximate surface area is 91.4 Å². The highest BCUT2D eigenvalue weighted by Crippen LogP contribution is 2.26. The summed E-state index contributed by atoms with van der Waals surface area (Å²) in [6, 6.07) is 2.42. The molecule has 1 aromatic rings.